The van der Waals surface area contributed by atoms with E-state index in [9.17, 15) is 4.79 Å². The summed E-state index contributed by atoms with van der Waals surface area (Å²) >= 11 is 1.21. The van der Waals surface area contributed by atoms with Gasteiger partial charge in [-0.05, 0) is 18.1 Å². The van der Waals surface area contributed by atoms with Crippen LogP contribution >= 0.6 is 11.3 Å². The summed E-state index contributed by atoms with van der Waals surface area (Å²) in [6, 6.07) is 3.77. The molecule has 0 saturated heterocycles. The smallest absolute Gasteiger partial charge is 0.347 e. The first-order chi connectivity index (χ1) is 7.59. The summed E-state index contributed by atoms with van der Waals surface area (Å²) in [6.45, 7) is 3.89. The summed E-state index contributed by atoms with van der Waals surface area (Å²) in [5.41, 5.74) is 0.654. The molecule has 0 atom stereocenters. The van der Waals surface area contributed by atoms with Gasteiger partial charge in [0.25, 0.3) is 0 Å². The summed E-state index contributed by atoms with van der Waals surface area (Å²) in [6.07, 6.45) is 3.71. The molecule has 84 valence electrons. The van der Waals surface area contributed by atoms with Gasteiger partial charge < -0.3 is 9.67 Å². The quantitative estimate of drug-likeness (QED) is 0.891. The van der Waals surface area contributed by atoms with Crippen LogP contribution in [0.5, 0.6) is 0 Å². The molecule has 2 aromatic rings. The van der Waals surface area contributed by atoms with Crippen molar-refractivity contribution in [3.63, 3.8) is 0 Å². The topological polar surface area (TPSA) is 55.1 Å². The van der Waals surface area contributed by atoms with Gasteiger partial charge in [0.2, 0.25) is 0 Å². The van der Waals surface area contributed by atoms with Gasteiger partial charge in [0.1, 0.15) is 4.88 Å². The second kappa shape index (κ2) is 4.09. The van der Waals surface area contributed by atoms with Gasteiger partial charge in [-0.2, -0.15) is 0 Å². The molecule has 0 amide bonds. The van der Waals surface area contributed by atoms with Crippen LogP contribution in [0.4, 0.5) is 0 Å². The van der Waals surface area contributed by atoms with Gasteiger partial charge in [-0.3, -0.25) is 0 Å². The summed E-state index contributed by atoms with van der Waals surface area (Å²) in [5, 5.41) is 9.79. The molecule has 2 rings (SSSR count). The maximum absolute atomic E-state index is 11.1. The van der Waals surface area contributed by atoms with Crippen molar-refractivity contribution in [3.05, 3.63) is 35.1 Å². The Morgan fingerprint density at radius 3 is 2.50 bits per heavy atom. The van der Waals surface area contributed by atoms with Gasteiger partial charge in [-0.1, -0.05) is 25.2 Å². The second-order valence-electron chi connectivity index (χ2n) is 3.76. The highest BCUT2D eigenvalue weighted by atomic mass is 32.1. The van der Waals surface area contributed by atoms with Crippen LogP contribution in [0.3, 0.4) is 0 Å². The molecule has 0 saturated carbocycles. The first kappa shape index (κ1) is 10.9. The van der Waals surface area contributed by atoms with E-state index in [1.807, 2.05) is 42.9 Å². The predicted octanol–water partition coefficient (Wildman–Crippen LogP) is 2.76. The number of thiazole rings is 1. The summed E-state index contributed by atoms with van der Waals surface area (Å²) < 4.78 is 1.82. The van der Waals surface area contributed by atoms with Crippen molar-refractivity contribution >= 4 is 17.3 Å². The maximum Gasteiger partial charge on any atom is 0.347 e. The van der Waals surface area contributed by atoms with E-state index in [1.165, 1.54) is 11.3 Å². The predicted molar refractivity (Wildman–Crippen MR) is 62.5 cm³/mol. The lowest BCUT2D eigenvalue weighted by molar-refractivity contribution is 0.0700. The van der Waals surface area contributed by atoms with Crippen molar-refractivity contribution < 1.29 is 9.90 Å². The Morgan fingerprint density at radius 1 is 1.44 bits per heavy atom. The number of carboxylic acids is 1. The van der Waals surface area contributed by atoms with Gasteiger partial charge in [-0.25, -0.2) is 9.78 Å². The Bertz CT molecular complexity index is 500. The van der Waals surface area contributed by atoms with Gasteiger partial charge in [0, 0.05) is 12.4 Å². The third-order valence-electron chi connectivity index (χ3n) is 2.21. The molecule has 0 aliphatic carbocycles. The van der Waals surface area contributed by atoms with Crippen LogP contribution in [0, 0.1) is 0 Å². The third kappa shape index (κ3) is 1.86. The molecule has 4 nitrogen and oxygen atoms in total. The molecule has 5 heteroatoms. The molecular weight excluding hydrogens is 224 g/mol. The zero-order valence-corrected chi connectivity index (χ0v) is 9.86. The van der Waals surface area contributed by atoms with Gasteiger partial charge >= 0.3 is 5.97 Å². The Labute approximate surface area is 97.2 Å². The molecule has 2 aromatic heterocycles. The minimum Gasteiger partial charge on any atom is -0.477 e. The van der Waals surface area contributed by atoms with Crippen molar-refractivity contribution in [2.75, 3.05) is 0 Å². The van der Waals surface area contributed by atoms with Gasteiger partial charge in [0.15, 0.2) is 5.13 Å². The lowest BCUT2D eigenvalue weighted by atomic mass is 10.1. The highest BCUT2D eigenvalue weighted by Crippen LogP contribution is 2.27. The van der Waals surface area contributed by atoms with E-state index in [0.717, 1.165) is 0 Å². The van der Waals surface area contributed by atoms with Crippen LogP contribution in [0.15, 0.2) is 24.5 Å². The molecule has 0 aliphatic rings. The SMILES string of the molecule is CC(C)c1nc(-n2cccc2)sc1C(=O)O. The van der Waals surface area contributed by atoms with Gasteiger partial charge in [0.05, 0.1) is 5.69 Å². The molecule has 0 aliphatic heterocycles. The molecule has 1 N–H and O–H groups in total. The van der Waals surface area contributed by atoms with Crippen molar-refractivity contribution in [1.82, 2.24) is 9.55 Å². The van der Waals surface area contributed by atoms with Crippen molar-refractivity contribution in [2.45, 2.75) is 19.8 Å². The zero-order chi connectivity index (χ0) is 11.7. The van der Waals surface area contributed by atoms with Crippen molar-refractivity contribution in [2.24, 2.45) is 0 Å². The molecule has 16 heavy (non-hydrogen) atoms. The monoisotopic (exact) mass is 236 g/mol. The number of aromatic carboxylic acids is 1. The van der Waals surface area contributed by atoms with E-state index in [1.54, 1.807) is 0 Å². The van der Waals surface area contributed by atoms with E-state index >= 15 is 0 Å². The molecule has 0 aromatic carbocycles. The fourth-order valence-corrected chi connectivity index (χ4v) is 2.46. The number of hydrogen-bond donors (Lipinski definition) is 1. The summed E-state index contributed by atoms with van der Waals surface area (Å²) in [5.74, 6) is -0.786. The number of hydrogen-bond acceptors (Lipinski definition) is 3. The highest BCUT2D eigenvalue weighted by Gasteiger charge is 2.19. The van der Waals surface area contributed by atoms with Crippen molar-refractivity contribution in [3.8, 4) is 5.13 Å². The Hall–Kier alpha value is -1.62. The molecule has 0 fully saturated rings. The second-order valence-corrected chi connectivity index (χ2v) is 4.74. The standard InChI is InChI=1S/C11H12N2O2S/c1-7(2)8-9(10(14)15)16-11(12-8)13-5-3-4-6-13/h3-7H,1-2H3,(H,14,15). The van der Waals surface area contributed by atoms with Crippen LogP contribution in [0.25, 0.3) is 5.13 Å². The Kier molecular flexibility index (Phi) is 2.78. The van der Waals surface area contributed by atoms with E-state index in [4.69, 9.17) is 5.11 Å². The molecule has 2 heterocycles. The minimum atomic E-state index is -0.903. The van der Waals surface area contributed by atoms with Crippen LogP contribution in [0.2, 0.25) is 0 Å². The zero-order valence-electron chi connectivity index (χ0n) is 9.04. The number of carbonyl (C=O) groups is 1. The van der Waals surface area contributed by atoms with Gasteiger partial charge in [-0.15, -0.1) is 0 Å². The average Bonchev–Trinajstić information content (AvgIpc) is 2.86. The number of aromatic nitrogens is 2. The van der Waals surface area contributed by atoms with E-state index < -0.39 is 5.97 Å². The number of rotatable bonds is 3. The van der Waals surface area contributed by atoms with Crippen LogP contribution in [0.1, 0.15) is 35.1 Å². The molecule has 0 spiro atoms. The van der Waals surface area contributed by atoms with Crippen LogP contribution in [-0.2, 0) is 0 Å². The lowest BCUT2D eigenvalue weighted by Gasteiger charge is -2.00. The Balaban J connectivity index is 2.51. The van der Waals surface area contributed by atoms with Crippen LogP contribution < -0.4 is 0 Å². The fraction of sp³-hybridized carbons (Fsp3) is 0.273. The van der Waals surface area contributed by atoms with Crippen LogP contribution in [-0.4, -0.2) is 20.6 Å². The largest absolute Gasteiger partial charge is 0.477 e. The molecule has 0 bridgehead atoms. The average molecular weight is 236 g/mol. The summed E-state index contributed by atoms with van der Waals surface area (Å²) in [4.78, 5) is 15.8. The molecule has 0 radical (unpaired) electrons. The first-order valence-electron chi connectivity index (χ1n) is 4.97. The summed E-state index contributed by atoms with van der Waals surface area (Å²) in [7, 11) is 0. The lowest BCUT2D eigenvalue weighted by Crippen LogP contribution is -2.00. The maximum atomic E-state index is 11.1. The third-order valence-corrected chi connectivity index (χ3v) is 3.28. The fourth-order valence-electron chi connectivity index (χ4n) is 1.44. The number of nitrogens with zero attached hydrogens (tertiary/aromatic N) is 2. The highest BCUT2D eigenvalue weighted by molar-refractivity contribution is 7.16. The Morgan fingerprint density at radius 2 is 2.06 bits per heavy atom. The number of carboxylic acid groups (broad SMARTS) is 1. The molecule has 0 unspecified atom stereocenters. The van der Waals surface area contributed by atoms with E-state index in [0.29, 0.717) is 15.7 Å². The molecular formula is C11H12N2O2S. The van der Waals surface area contributed by atoms with E-state index in [2.05, 4.69) is 4.98 Å². The normalized spacial score (nSPS) is 10.9. The first-order valence-corrected chi connectivity index (χ1v) is 5.78. The minimum absolute atomic E-state index is 0.117. The van der Waals surface area contributed by atoms with E-state index in [-0.39, 0.29) is 5.92 Å². The van der Waals surface area contributed by atoms with Crippen molar-refractivity contribution in [1.29, 1.82) is 0 Å².